The molecule has 0 spiro atoms. The summed E-state index contributed by atoms with van der Waals surface area (Å²) >= 11 is 1.90. The molecule has 0 N–H and O–H groups in total. The van der Waals surface area contributed by atoms with Gasteiger partial charge in [-0.15, -0.1) is 11.3 Å². The summed E-state index contributed by atoms with van der Waals surface area (Å²) in [7, 11) is 0. The second-order valence-corrected chi connectivity index (χ2v) is 13.6. The number of benzene rings is 9. The van der Waals surface area contributed by atoms with Gasteiger partial charge in [0.1, 0.15) is 0 Å². The van der Waals surface area contributed by atoms with Gasteiger partial charge < -0.3 is 4.90 Å². The summed E-state index contributed by atoms with van der Waals surface area (Å²) in [6, 6.07) is 64.6. The second-order valence-electron chi connectivity index (χ2n) is 12.6. The molecule has 0 aliphatic carbocycles. The Bertz CT molecular complexity index is 2780. The molecule has 0 amide bonds. The lowest BCUT2D eigenvalue weighted by molar-refractivity contribution is 1.31. The molecule has 0 aliphatic rings. The molecular weight excluding hydrogens is 599 g/mol. The van der Waals surface area contributed by atoms with E-state index in [1.54, 1.807) is 0 Å². The molecule has 0 atom stereocenters. The van der Waals surface area contributed by atoms with Gasteiger partial charge in [-0.2, -0.15) is 0 Å². The normalized spacial score (nSPS) is 11.8. The molecule has 10 rings (SSSR count). The fraction of sp³-hybridized carbons (Fsp3) is 0. The summed E-state index contributed by atoms with van der Waals surface area (Å²) in [6.07, 6.45) is 0. The van der Waals surface area contributed by atoms with Crippen molar-refractivity contribution in [1.82, 2.24) is 0 Å². The van der Waals surface area contributed by atoms with E-state index in [2.05, 4.69) is 181 Å². The minimum atomic E-state index is 1.14. The van der Waals surface area contributed by atoms with Crippen molar-refractivity contribution in [3.63, 3.8) is 0 Å². The van der Waals surface area contributed by atoms with E-state index in [4.69, 9.17) is 0 Å². The average molecular weight is 628 g/mol. The third-order valence-corrected chi connectivity index (χ3v) is 11.0. The van der Waals surface area contributed by atoms with Crippen LogP contribution in [0.15, 0.2) is 176 Å². The molecule has 0 fully saturated rings. The molecule has 0 saturated carbocycles. The second kappa shape index (κ2) is 10.8. The fourth-order valence-corrected chi connectivity index (χ4v) is 8.67. The van der Waals surface area contributed by atoms with Gasteiger partial charge in [0, 0.05) is 42.3 Å². The van der Waals surface area contributed by atoms with Crippen molar-refractivity contribution in [1.29, 1.82) is 0 Å². The molecule has 10 aromatic rings. The molecule has 1 nitrogen and oxygen atoms in total. The number of nitrogens with zero attached hydrogens (tertiary/aromatic N) is 1. The molecule has 1 heterocycles. The maximum absolute atomic E-state index is 2.46. The Morgan fingerprint density at radius 3 is 1.65 bits per heavy atom. The van der Waals surface area contributed by atoms with Crippen LogP contribution in [0, 0.1) is 0 Å². The molecule has 0 unspecified atom stereocenters. The van der Waals surface area contributed by atoms with Gasteiger partial charge in [-0.05, 0) is 85.9 Å². The van der Waals surface area contributed by atoms with Crippen molar-refractivity contribution in [3.05, 3.63) is 176 Å². The third-order valence-electron chi connectivity index (χ3n) is 9.78. The van der Waals surface area contributed by atoms with E-state index in [-0.39, 0.29) is 0 Å². The standard InChI is InChI=1S/C46H29NS/c1-3-13-33-26-36(23-20-30(33)10-1)47(37-24-21-31-11-2-4-14-34(31)27-37)44-29-43-42-28-35(39-19-9-15-32-12-5-6-16-38(32)39)22-25-45(42)48-46(43)41-18-8-7-17-40(41)44/h1-29H. The van der Waals surface area contributed by atoms with Crippen LogP contribution in [0.4, 0.5) is 17.1 Å². The highest BCUT2D eigenvalue weighted by atomic mass is 32.1. The summed E-state index contributed by atoms with van der Waals surface area (Å²) in [5, 5.41) is 12.6. The summed E-state index contributed by atoms with van der Waals surface area (Å²) in [5.74, 6) is 0. The molecule has 1 aromatic heterocycles. The van der Waals surface area contributed by atoms with Crippen LogP contribution >= 0.6 is 11.3 Å². The van der Waals surface area contributed by atoms with Crippen molar-refractivity contribution in [3.8, 4) is 11.1 Å². The number of rotatable bonds is 4. The molecule has 48 heavy (non-hydrogen) atoms. The van der Waals surface area contributed by atoms with Gasteiger partial charge in [-0.1, -0.05) is 133 Å². The number of hydrogen-bond donors (Lipinski definition) is 0. The molecule has 0 saturated heterocycles. The average Bonchev–Trinajstić information content (AvgIpc) is 3.53. The van der Waals surface area contributed by atoms with E-state index in [0.717, 1.165) is 11.4 Å². The predicted octanol–water partition coefficient (Wildman–Crippen LogP) is 13.8. The summed E-state index contributed by atoms with van der Waals surface area (Å²) in [6.45, 7) is 0. The van der Waals surface area contributed by atoms with Crippen LogP contribution < -0.4 is 4.90 Å². The zero-order valence-electron chi connectivity index (χ0n) is 26.1. The Morgan fingerprint density at radius 1 is 0.354 bits per heavy atom. The van der Waals surface area contributed by atoms with Gasteiger partial charge in [-0.25, -0.2) is 0 Å². The van der Waals surface area contributed by atoms with Gasteiger partial charge in [0.15, 0.2) is 0 Å². The molecular formula is C46H29NS. The van der Waals surface area contributed by atoms with Crippen LogP contribution in [-0.2, 0) is 0 Å². The summed E-state index contributed by atoms with van der Waals surface area (Å²) in [5.41, 5.74) is 5.98. The number of fused-ring (bicyclic) bond motifs is 8. The first-order valence-corrected chi connectivity index (χ1v) is 17.2. The van der Waals surface area contributed by atoms with E-state index in [1.807, 2.05) is 11.3 Å². The van der Waals surface area contributed by atoms with E-state index >= 15 is 0 Å². The van der Waals surface area contributed by atoms with Crippen molar-refractivity contribution >= 4 is 91.7 Å². The topological polar surface area (TPSA) is 3.24 Å². The zero-order valence-corrected chi connectivity index (χ0v) is 26.9. The summed E-state index contributed by atoms with van der Waals surface area (Å²) < 4.78 is 2.63. The van der Waals surface area contributed by atoms with Gasteiger partial charge >= 0.3 is 0 Å². The van der Waals surface area contributed by atoms with Crippen molar-refractivity contribution in [2.24, 2.45) is 0 Å². The SMILES string of the molecule is c1ccc2cc(N(c3ccc4ccccc4c3)c3cc4c5cc(-c6cccc7ccccc67)ccc5sc4c4ccccc34)ccc2c1. The largest absolute Gasteiger partial charge is 0.310 e. The Labute approximate surface area is 282 Å². The quantitative estimate of drug-likeness (QED) is 0.188. The van der Waals surface area contributed by atoms with Gasteiger partial charge in [0.2, 0.25) is 0 Å². The predicted molar refractivity (Wildman–Crippen MR) is 209 cm³/mol. The van der Waals surface area contributed by atoms with Crippen molar-refractivity contribution < 1.29 is 0 Å². The van der Waals surface area contributed by atoms with Gasteiger partial charge in [0.25, 0.3) is 0 Å². The first-order valence-electron chi connectivity index (χ1n) is 16.4. The van der Waals surface area contributed by atoms with Crippen LogP contribution in [0.2, 0.25) is 0 Å². The van der Waals surface area contributed by atoms with Crippen molar-refractivity contribution in [2.75, 3.05) is 4.90 Å². The Balaban J connectivity index is 1.27. The van der Waals surface area contributed by atoms with Gasteiger partial charge in [0.05, 0.1) is 5.69 Å². The summed E-state index contributed by atoms with van der Waals surface area (Å²) in [4.78, 5) is 2.46. The van der Waals surface area contributed by atoms with E-state index < -0.39 is 0 Å². The number of thiophene rings is 1. The van der Waals surface area contributed by atoms with Crippen LogP contribution in [0.3, 0.4) is 0 Å². The van der Waals surface area contributed by atoms with Crippen LogP contribution in [0.5, 0.6) is 0 Å². The first-order chi connectivity index (χ1) is 23.8. The maximum Gasteiger partial charge on any atom is 0.0547 e. The molecule has 224 valence electrons. The molecule has 0 bridgehead atoms. The minimum absolute atomic E-state index is 1.14. The molecule has 9 aromatic carbocycles. The van der Waals surface area contributed by atoms with E-state index in [1.165, 1.54) is 80.1 Å². The maximum atomic E-state index is 2.46. The highest BCUT2D eigenvalue weighted by Gasteiger charge is 2.20. The first kappa shape index (κ1) is 27.2. The highest BCUT2D eigenvalue weighted by molar-refractivity contribution is 7.26. The van der Waals surface area contributed by atoms with Crippen molar-refractivity contribution in [2.45, 2.75) is 0 Å². The Morgan fingerprint density at radius 2 is 0.938 bits per heavy atom. The van der Waals surface area contributed by atoms with Gasteiger partial charge in [-0.3, -0.25) is 0 Å². The smallest absolute Gasteiger partial charge is 0.0547 e. The van der Waals surface area contributed by atoms with Crippen LogP contribution in [0.1, 0.15) is 0 Å². The van der Waals surface area contributed by atoms with E-state index in [0.29, 0.717) is 0 Å². The lowest BCUT2D eigenvalue weighted by Crippen LogP contribution is -2.10. The molecule has 0 aliphatic heterocycles. The van der Waals surface area contributed by atoms with E-state index in [9.17, 15) is 0 Å². The minimum Gasteiger partial charge on any atom is -0.310 e. The third kappa shape index (κ3) is 4.31. The molecule has 0 radical (unpaired) electrons. The van der Waals surface area contributed by atoms with Crippen LogP contribution in [-0.4, -0.2) is 0 Å². The highest BCUT2D eigenvalue weighted by Crippen LogP contribution is 2.47. The monoisotopic (exact) mass is 627 g/mol. The zero-order chi connectivity index (χ0) is 31.6. The number of anilines is 3. The Hall–Kier alpha value is -5.96. The number of hydrogen-bond acceptors (Lipinski definition) is 2. The molecule has 2 heteroatoms. The Kier molecular flexibility index (Phi) is 6.12. The fourth-order valence-electron chi connectivity index (χ4n) is 7.47. The lowest BCUT2D eigenvalue weighted by Gasteiger charge is -2.28. The lowest BCUT2D eigenvalue weighted by atomic mass is 9.96. The van der Waals surface area contributed by atoms with Crippen LogP contribution in [0.25, 0.3) is 74.4 Å².